The fourth-order valence-corrected chi connectivity index (χ4v) is 2.38. The van der Waals surface area contributed by atoms with Crippen LogP contribution in [0.15, 0.2) is 48.5 Å². The van der Waals surface area contributed by atoms with E-state index in [0.717, 1.165) is 16.9 Å². The molecule has 0 heterocycles. The second-order valence-corrected chi connectivity index (χ2v) is 5.99. The van der Waals surface area contributed by atoms with Crippen molar-refractivity contribution in [3.8, 4) is 5.75 Å². The molecular weight excluding hydrogens is 360 g/mol. The highest BCUT2D eigenvalue weighted by atomic mass is 16.7. The van der Waals surface area contributed by atoms with Crippen molar-refractivity contribution in [2.24, 2.45) is 0 Å². The van der Waals surface area contributed by atoms with E-state index in [2.05, 4.69) is 10.6 Å². The monoisotopic (exact) mass is 386 g/mol. The molecule has 0 saturated heterocycles. The summed E-state index contributed by atoms with van der Waals surface area (Å²) in [4.78, 5) is 29.7. The normalized spacial score (nSPS) is 10.2. The molecule has 0 bridgehead atoms. The predicted molar refractivity (Wildman–Crippen MR) is 106 cm³/mol. The van der Waals surface area contributed by atoms with Crippen LogP contribution in [0.5, 0.6) is 5.75 Å². The van der Waals surface area contributed by atoms with Gasteiger partial charge in [-0.25, -0.2) is 9.86 Å². The Labute approximate surface area is 164 Å². The van der Waals surface area contributed by atoms with E-state index in [1.165, 1.54) is 5.06 Å². The molecule has 2 aromatic rings. The van der Waals surface area contributed by atoms with E-state index in [-0.39, 0.29) is 19.1 Å². The minimum absolute atomic E-state index is 0.167. The highest BCUT2D eigenvalue weighted by molar-refractivity contribution is 5.83. The zero-order valence-electron chi connectivity index (χ0n) is 16.1. The van der Waals surface area contributed by atoms with Crippen molar-refractivity contribution in [3.05, 3.63) is 59.7 Å². The number of anilines is 1. The summed E-state index contributed by atoms with van der Waals surface area (Å²) in [6.45, 7) is 2.55. The smallest absolute Gasteiger partial charge is 0.315 e. The average Bonchev–Trinajstić information content (AvgIpc) is 2.72. The summed E-state index contributed by atoms with van der Waals surface area (Å²) in [7, 11) is 1.59. The molecule has 28 heavy (non-hydrogen) atoms. The molecule has 8 heteroatoms. The van der Waals surface area contributed by atoms with Crippen molar-refractivity contribution in [1.29, 1.82) is 0 Å². The molecule has 0 radical (unpaired) electrons. The van der Waals surface area contributed by atoms with Crippen LogP contribution in [0.3, 0.4) is 0 Å². The fourth-order valence-electron chi connectivity index (χ4n) is 2.38. The summed E-state index contributed by atoms with van der Waals surface area (Å²) < 4.78 is 5.16. The Morgan fingerprint density at radius 3 is 2.50 bits per heavy atom. The minimum atomic E-state index is -0.436. The van der Waals surface area contributed by atoms with Crippen molar-refractivity contribution >= 4 is 17.6 Å². The summed E-state index contributed by atoms with van der Waals surface area (Å²) in [6.07, 6.45) is 0. The lowest BCUT2D eigenvalue weighted by Crippen LogP contribution is -2.43. The number of benzene rings is 2. The third-order valence-corrected chi connectivity index (χ3v) is 3.92. The maximum Gasteiger partial charge on any atom is 0.315 e. The zero-order valence-corrected chi connectivity index (χ0v) is 16.1. The van der Waals surface area contributed by atoms with Gasteiger partial charge in [0.15, 0.2) is 0 Å². The van der Waals surface area contributed by atoms with Gasteiger partial charge in [0.05, 0.1) is 7.11 Å². The molecule has 0 aromatic heterocycles. The van der Waals surface area contributed by atoms with Gasteiger partial charge in [0, 0.05) is 18.8 Å². The van der Waals surface area contributed by atoms with E-state index in [1.807, 2.05) is 36.4 Å². The number of amides is 3. The first kappa shape index (κ1) is 21.0. The number of carbonyl (C=O) groups is 2. The average molecular weight is 386 g/mol. The molecule has 0 aliphatic rings. The second kappa shape index (κ2) is 10.8. The summed E-state index contributed by atoms with van der Waals surface area (Å²) in [5.74, 6) is 0.378. The Bertz CT molecular complexity index is 780. The van der Waals surface area contributed by atoms with Crippen LogP contribution in [-0.4, -0.2) is 37.2 Å². The molecule has 0 spiro atoms. The van der Waals surface area contributed by atoms with Gasteiger partial charge in [-0.15, -0.1) is 0 Å². The fraction of sp³-hybridized carbons (Fsp3) is 0.300. The van der Waals surface area contributed by atoms with Crippen LogP contribution < -0.4 is 21.1 Å². The first-order valence-electron chi connectivity index (χ1n) is 8.94. The van der Waals surface area contributed by atoms with Crippen LogP contribution in [0, 0.1) is 0 Å². The molecule has 4 N–H and O–H groups in total. The molecule has 0 unspecified atom stereocenters. The van der Waals surface area contributed by atoms with Crippen molar-refractivity contribution < 1.29 is 19.2 Å². The number of nitrogens with zero attached hydrogens (tertiary/aromatic N) is 1. The summed E-state index contributed by atoms with van der Waals surface area (Å²) in [6, 6.07) is 14.1. The Balaban J connectivity index is 1.74. The summed E-state index contributed by atoms with van der Waals surface area (Å²) in [5, 5.41) is 6.44. The molecule has 0 saturated carbocycles. The SMILES string of the molecule is CCN(OCc1cccc(OC)c1)C(=O)CNC(=O)NCc1ccc(N)cc1. The number of urea groups is 1. The maximum absolute atomic E-state index is 12.3. The molecule has 3 amide bonds. The number of likely N-dealkylation sites (N-methyl/N-ethyl adjacent to an activating group) is 1. The summed E-state index contributed by atoms with van der Waals surface area (Å²) >= 11 is 0. The van der Waals surface area contributed by atoms with Crippen LogP contribution in [0.2, 0.25) is 0 Å². The molecule has 0 atom stereocenters. The molecule has 0 aliphatic carbocycles. The van der Waals surface area contributed by atoms with Crippen LogP contribution in [0.4, 0.5) is 10.5 Å². The number of methoxy groups -OCH3 is 1. The highest BCUT2D eigenvalue weighted by Crippen LogP contribution is 2.13. The van der Waals surface area contributed by atoms with E-state index >= 15 is 0 Å². The van der Waals surface area contributed by atoms with Crippen molar-refractivity contribution in [3.63, 3.8) is 0 Å². The van der Waals surface area contributed by atoms with Gasteiger partial charge in [0.2, 0.25) is 0 Å². The number of carbonyl (C=O) groups excluding carboxylic acids is 2. The molecule has 8 nitrogen and oxygen atoms in total. The Morgan fingerprint density at radius 1 is 1.07 bits per heavy atom. The molecule has 2 rings (SSSR count). The topological polar surface area (TPSA) is 106 Å². The van der Waals surface area contributed by atoms with Gasteiger partial charge in [-0.1, -0.05) is 24.3 Å². The number of nitrogens with one attached hydrogen (secondary N) is 2. The quantitative estimate of drug-likeness (QED) is 0.452. The highest BCUT2D eigenvalue weighted by Gasteiger charge is 2.14. The van der Waals surface area contributed by atoms with Crippen LogP contribution in [0.25, 0.3) is 0 Å². The molecular formula is C20H26N4O4. The Hall–Kier alpha value is -3.26. The van der Waals surface area contributed by atoms with Gasteiger partial charge in [-0.3, -0.25) is 9.63 Å². The lowest BCUT2D eigenvalue weighted by atomic mass is 10.2. The van der Waals surface area contributed by atoms with E-state index < -0.39 is 6.03 Å². The number of ether oxygens (including phenoxy) is 1. The Kier molecular flexibility index (Phi) is 8.11. The molecule has 0 aliphatic heterocycles. The van der Waals surface area contributed by atoms with E-state index in [1.54, 1.807) is 26.2 Å². The lowest BCUT2D eigenvalue weighted by molar-refractivity contribution is -0.189. The number of rotatable bonds is 9. The van der Waals surface area contributed by atoms with Gasteiger partial charge in [0.1, 0.15) is 18.9 Å². The summed E-state index contributed by atoms with van der Waals surface area (Å²) in [5.41, 5.74) is 8.07. The molecule has 2 aromatic carbocycles. The number of hydrogen-bond acceptors (Lipinski definition) is 5. The third kappa shape index (κ3) is 6.81. The first-order chi connectivity index (χ1) is 13.5. The van der Waals surface area contributed by atoms with Crippen molar-refractivity contribution in [1.82, 2.24) is 15.7 Å². The zero-order chi connectivity index (χ0) is 20.4. The Morgan fingerprint density at radius 2 is 1.82 bits per heavy atom. The van der Waals surface area contributed by atoms with Gasteiger partial charge in [0.25, 0.3) is 5.91 Å². The van der Waals surface area contributed by atoms with E-state index in [9.17, 15) is 9.59 Å². The van der Waals surface area contributed by atoms with Gasteiger partial charge >= 0.3 is 6.03 Å². The third-order valence-electron chi connectivity index (χ3n) is 3.92. The van der Waals surface area contributed by atoms with Crippen molar-refractivity contribution in [2.45, 2.75) is 20.1 Å². The van der Waals surface area contributed by atoms with Crippen LogP contribution in [-0.2, 0) is 22.8 Å². The van der Waals surface area contributed by atoms with Gasteiger partial charge in [-0.2, -0.15) is 0 Å². The van der Waals surface area contributed by atoms with E-state index in [4.69, 9.17) is 15.3 Å². The van der Waals surface area contributed by atoms with Gasteiger partial charge < -0.3 is 21.1 Å². The van der Waals surface area contributed by atoms with Crippen molar-refractivity contribution in [2.75, 3.05) is 25.9 Å². The number of nitrogens with two attached hydrogens (primary N) is 1. The lowest BCUT2D eigenvalue weighted by Gasteiger charge is -2.20. The second-order valence-electron chi connectivity index (χ2n) is 5.99. The minimum Gasteiger partial charge on any atom is -0.497 e. The molecule has 150 valence electrons. The standard InChI is InChI=1S/C20H26N4O4/c1-3-24(28-14-16-5-4-6-18(11-16)27-2)19(25)13-23-20(26)22-12-15-7-9-17(21)10-8-15/h4-11H,3,12-14,21H2,1-2H3,(H2,22,23,26). The van der Waals surface area contributed by atoms with Crippen LogP contribution >= 0.6 is 0 Å². The van der Waals surface area contributed by atoms with Gasteiger partial charge in [-0.05, 0) is 42.3 Å². The maximum atomic E-state index is 12.3. The van der Waals surface area contributed by atoms with Crippen LogP contribution in [0.1, 0.15) is 18.1 Å². The largest absolute Gasteiger partial charge is 0.497 e. The first-order valence-corrected chi connectivity index (χ1v) is 8.94. The number of nitrogen functional groups attached to an aromatic ring is 1. The molecule has 0 fully saturated rings. The van der Waals surface area contributed by atoms with E-state index in [0.29, 0.717) is 18.8 Å². The number of hydrogen-bond donors (Lipinski definition) is 3. The predicted octanol–water partition coefficient (Wildman–Crippen LogP) is 2.06. The number of hydroxylamine groups is 2.